The third-order valence-corrected chi connectivity index (χ3v) is 8.12. The van der Waals surface area contributed by atoms with Gasteiger partial charge in [0, 0.05) is 29.0 Å². The third-order valence-electron chi connectivity index (χ3n) is 5.74. The van der Waals surface area contributed by atoms with Crippen molar-refractivity contribution in [2.75, 3.05) is 26.3 Å². The number of piperidine rings is 1. The highest BCUT2D eigenvalue weighted by Crippen LogP contribution is 2.30. The lowest BCUT2D eigenvalue weighted by Gasteiger charge is -2.38. The molecule has 0 radical (unpaired) electrons. The number of hydrogen-bond donors (Lipinski definition) is 3. The van der Waals surface area contributed by atoms with E-state index in [-0.39, 0.29) is 17.6 Å². The number of thiophene rings is 1. The monoisotopic (exact) mass is 537 g/mol. The van der Waals surface area contributed by atoms with Crippen molar-refractivity contribution in [2.24, 2.45) is 5.73 Å². The summed E-state index contributed by atoms with van der Waals surface area (Å²) in [7, 11) is 0. The second kappa shape index (κ2) is 13.4. The number of nitrogens with two attached hydrogens (primary N) is 1. The van der Waals surface area contributed by atoms with Gasteiger partial charge in [0.1, 0.15) is 25.1 Å². The van der Waals surface area contributed by atoms with Crippen molar-refractivity contribution in [2.45, 2.75) is 35.8 Å². The number of likely N-dealkylation sites (tertiary alicyclic amines) is 1. The largest absolute Gasteiger partial charge is 0.480 e. The van der Waals surface area contributed by atoms with Crippen molar-refractivity contribution in [1.29, 1.82) is 0 Å². The Morgan fingerprint density at radius 1 is 1.22 bits per heavy atom. The van der Waals surface area contributed by atoms with Crippen LogP contribution in [0.3, 0.4) is 0 Å². The van der Waals surface area contributed by atoms with Crippen molar-refractivity contribution in [3.05, 3.63) is 58.0 Å². The fourth-order valence-corrected chi connectivity index (χ4v) is 5.93. The van der Waals surface area contributed by atoms with Gasteiger partial charge in [-0.2, -0.15) is 11.8 Å². The topological polar surface area (TPSA) is 139 Å². The summed E-state index contributed by atoms with van der Waals surface area (Å²) < 4.78 is 18.1. The molecule has 194 valence electrons. The summed E-state index contributed by atoms with van der Waals surface area (Å²) in [5, 5.41) is 13.4. The molecule has 9 nitrogen and oxygen atoms in total. The van der Waals surface area contributed by atoms with E-state index in [2.05, 4.69) is 5.32 Å². The Bertz CT molecular complexity index is 1050. The number of ether oxygens (including phenoxy) is 1. The average Bonchev–Trinajstić information content (AvgIpc) is 3.37. The maximum atomic E-state index is 13.2. The van der Waals surface area contributed by atoms with Gasteiger partial charge in [-0.25, -0.2) is 9.18 Å². The summed E-state index contributed by atoms with van der Waals surface area (Å²) in [6.07, 6.45) is 0.988. The molecule has 3 atom stereocenters. The highest BCUT2D eigenvalue weighted by atomic mass is 32.2. The second-order valence-electron chi connectivity index (χ2n) is 8.29. The van der Waals surface area contributed by atoms with Crippen LogP contribution in [0.2, 0.25) is 0 Å². The number of halogens is 1. The number of carbonyl (C=O) groups excluding carboxylic acids is 3. The SMILES string of the molecule is NC(=O)C(CNC(=O)C1CC(SCc2ccc(F)cc2)CCN1C(=O)COCC(=O)O)c1cccs1. The lowest BCUT2D eigenvalue weighted by Crippen LogP contribution is -2.55. The van der Waals surface area contributed by atoms with Crippen LogP contribution < -0.4 is 11.1 Å². The van der Waals surface area contributed by atoms with E-state index in [0.29, 0.717) is 25.1 Å². The van der Waals surface area contributed by atoms with Crippen molar-refractivity contribution in [1.82, 2.24) is 10.2 Å². The lowest BCUT2D eigenvalue weighted by atomic mass is 10.00. The molecule has 0 saturated carbocycles. The van der Waals surface area contributed by atoms with Crippen molar-refractivity contribution in [3.63, 3.8) is 0 Å². The number of nitrogens with one attached hydrogen (secondary N) is 1. The fourth-order valence-electron chi connectivity index (χ4n) is 3.89. The van der Waals surface area contributed by atoms with Gasteiger partial charge in [0.25, 0.3) is 0 Å². The van der Waals surface area contributed by atoms with E-state index in [0.717, 1.165) is 10.4 Å². The van der Waals surface area contributed by atoms with Gasteiger partial charge in [-0.1, -0.05) is 18.2 Å². The molecule has 1 aliphatic heterocycles. The number of carboxylic acids is 1. The molecule has 0 bridgehead atoms. The first-order chi connectivity index (χ1) is 17.2. The number of benzene rings is 1. The van der Waals surface area contributed by atoms with Crippen LogP contribution in [0, 0.1) is 5.82 Å². The predicted octanol–water partition coefficient (Wildman–Crippen LogP) is 1.97. The first kappa shape index (κ1) is 27.6. The molecular formula is C24H28FN3O6S2. The molecule has 4 N–H and O–H groups in total. The van der Waals surface area contributed by atoms with Crippen LogP contribution in [0.4, 0.5) is 4.39 Å². The van der Waals surface area contributed by atoms with Gasteiger partial charge >= 0.3 is 5.97 Å². The third kappa shape index (κ3) is 8.04. The van der Waals surface area contributed by atoms with Crippen LogP contribution in [0.15, 0.2) is 41.8 Å². The van der Waals surface area contributed by atoms with Crippen molar-refractivity contribution < 1.29 is 33.4 Å². The van der Waals surface area contributed by atoms with Gasteiger partial charge < -0.3 is 25.8 Å². The number of rotatable bonds is 12. The van der Waals surface area contributed by atoms with E-state index >= 15 is 0 Å². The summed E-state index contributed by atoms with van der Waals surface area (Å²) in [6.45, 7) is -0.787. The predicted molar refractivity (Wildman–Crippen MR) is 134 cm³/mol. The van der Waals surface area contributed by atoms with Gasteiger partial charge in [0.2, 0.25) is 17.7 Å². The highest BCUT2D eigenvalue weighted by Gasteiger charge is 2.37. The van der Waals surface area contributed by atoms with Gasteiger partial charge in [-0.3, -0.25) is 14.4 Å². The van der Waals surface area contributed by atoms with Crippen LogP contribution in [-0.4, -0.2) is 71.3 Å². The molecule has 1 aromatic carbocycles. The molecular weight excluding hydrogens is 509 g/mol. The van der Waals surface area contributed by atoms with Crippen LogP contribution >= 0.6 is 23.1 Å². The fraction of sp³-hybridized carbons (Fsp3) is 0.417. The zero-order chi connectivity index (χ0) is 26.1. The van der Waals surface area contributed by atoms with Gasteiger partial charge in [0.15, 0.2) is 0 Å². The number of carbonyl (C=O) groups is 4. The summed E-state index contributed by atoms with van der Waals surface area (Å²) in [4.78, 5) is 50.8. The van der Waals surface area contributed by atoms with Gasteiger partial charge in [-0.05, 0) is 42.0 Å². The maximum Gasteiger partial charge on any atom is 0.329 e. The molecule has 1 fully saturated rings. The summed E-state index contributed by atoms with van der Waals surface area (Å²) >= 11 is 2.98. The summed E-state index contributed by atoms with van der Waals surface area (Å²) in [6, 6.07) is 8.95. The first-order valence-electron chi connectivity index (χ1n) is 11.3. The van der Waals surface area contributed by atoms with E-state index in [1.807, 2.05) is 5.38 Å². The van der Waals surface area contributed by atoms with E-state index in [1.54, 1.807) is 36.0 Å². The molecule has 1 aliphatic rings. The molecule has 1 aromatic heterocycles. The molecule has 2 aromatic rings. The van der Waals surface area contributed by atoms with E-state index in [4.69, 9.17) is 15.6 Å². The number of amides is 3. The second-order valence-corrected chi connectivity index (χ2v) is 10.6. The molecule has 3 rings (SSSR count). The Labute approximate surface area is 216 Å². The van der Waals surface area contributed by atoms with E-state index in [9.17, 15) is 23.6 Å². The molecule has 1 saturated heterocycles. The number of hydrogen-bond acceptors (Lipinski definition) is 7. The Hall–Kier alpha value is -2.96. The standard InChI is InChI=1S/C24H28FN3O6S2/c25-16-5-3-15(4-6-16)14-36-17-7-8-28(21(29)12-34-13-22(30)31)19(10-17)24(33)27-11-18(23(26)32)20-2-1-9-35-20/h1-6,9,17-19H,7-8,10-14H2,(H2,26,32)(H,27,33)(H,30,31). The highest BCUT2D eigenvalue weighted by molar-refractivity contribution is 7.99. The van der Waals surface area contributed by atoms with Crippen LogP contribution in [-0.2, 0) is 29.7 Å². The number of nitrogens with zero attached hydrogens (tertiary/aromatic N) is 1. The minimum absolute atomic E-state index is 0.00386. The van der Waals surface area contributed by atoms with Gasteiger partial charge in [-0.15, -0.1) is 11.3 Å². The Kier molecular flexibility index (Phi) is 10.3. The Balaban J connectivity index is 1.66. The quantitative estimate of drug-likeness (QED) is 0.376. The Morgan fingerprint density at radius 3 is 2.61 bits per heavy atom. The zero-order valence-electron chi connectivity index (χ0n) is 19.4. The van der Waals surface area contributed by atoms with Crippen molar-refractivity contribution in [3.8, 4) is 0 Å². The lowest BCUT2D eigenvalue weighted by molar-refractivity contribution is -0.150. The first-order valence-corrected chi connectivity index (χ1v) is 13.2. The normalized spacial score (nSPS) is 18.4. The number of thioether (sulfide) groups is 1. The Morgan fingerprint density at radius 2 is 1.97 bits per heavy atom. The van der Waals surface area contributed by atoms with Gasteiger partial charge in [0.05, 0.1) is 5.92 Å². The maximum absolute atomic E-state index is 13.2. The summed E-state index contributed by atoms with van der Waals surface area (Å²) in [5.74, 6) is -3.04. The molecule has 12 heteroatoms. The molecule has 36 heavy (non-hydrogen) atoms. The molecule has 2 heterocycles. The van der Waals surface area contributed by atoms with Crippen LogP contribution in [0.5, 0.6) is 0 Å². The molecule has 3 unspecified atom stereocenters. The van der Waals surface area contributed by atoms with E-state index < -0.39 is 48.9 Å². The smallest absolute Gasteiger partial charge is 0.329 e. The molecule has 0 spiro atoms. The van der Waals surface area contributed by atoms with Crippen LogP contribution in [0.1, 0.15) is 29.2 Å². The minimum Gasteiger partial charge on any atom is -0.480 e. The summed E-state index contributed by atoms with van der Waals surface area (Å²) in [5.41, 5.74) is 6.48. The zero-order valence-corrected chi connectivity index (χ0v) is 21.1. The average molecular weight is 538 g/mol. The number of carboxylic acid groups (broad SMARTS) is 1. The minimum atomic E-state index is -1.20. The molecule has 0 aliphatic carbocycles. The number of aliphatic carboxylic acids is 1. The number of primary amides is 1. The van der Waals surface area contributed by atoms with E-state index in [1.165, 1.54) is 28.4 Å². The van der Waals surface area contributed by atoms with Crippen LogP contribution in [0.25, 0.3) is 0 Å². The molecule has 3 amide bonds. The van der Waals surface area contributed by atoms with Crippen molar-refractivity contribution >= 4 is 46.8 Å².